The minimum absolute atomic E-state index is 0.0233. The molecule has 0 aromatic rings. The predicted octanol–water partition coefficient (Wildman–Crippen LogP) is 2.42. The molecule has 0 aliphatic carbocycles. The van der Waals surface area contributed by atoms with Crippen molar-refractivity contribution in [2.24, 2.45) is 11.3 Å². The normalized spacial score (nSPS) is 17.1. The van der Waals surface area contributed by atoms with Gasteiger partial charge in [0.05, 0.1) is 6.10 Å². The van der Waals surface area contributed by atoms with Gasteiger partial charge in [-0.05, 0) is 24.7 Å². The average molecular weight is 201 g/mol. The van der Waals surface area contributed by atoms with E-state index in [2.05, 4.69) is 46.9 Å². The quantitative estimate of drug-likeness (QED) is 0.716. The van der Waals surface area contributed by atoms with Gasteiger partial charge in [0.15, 0.2) is 0 Å². The molecule has 86 valence electrons. The molecule has 0 heterocycles. The average Bonchev–Trinajstić information content (AvgIpc) is 1.96. The molecule has 0 fully saturated rings. The molecule has 0 saturated heterocycles. The van der Waals surface area contributed by atoms with Crippen molar-refractivity contribution in [1.29, 1.82) is 0 Å². The van der Waals surface area contributed by atoms with Crippen molar-refractivity contribution in [3.05, 3.63) is 0 Å². The van der Waals surface area contributed by atoms with Gasteiger partial charge in [0.25, 0.3) is 0 Å². The van der Waals surface area contributed by atoms with Crippen LogP contribution in [-0.2, 0) is 0 Å². The largest absolute Gasteiger partial charge is 0.391 e. The molecule has 0 radical (unpaired) electrons. The van der Waals surface area contributed by atoms with Crippen molar-refractivity contribution in [2.45, 2.75) is 60.1 Å². The predicted molar refractivity (Wildman–Crippen MR) is 62.4 cm³/mol. The van der Waals surface area contributed by atoms with Gasteiger partial charge in [-0.15, -0.1) is 0 Å². The topological polar surface area (TPSA) is 32.3 Å². The molecule has 0 rings (SSSR count). The third-order valence-corrected chi connectivity index (χ3v) is 2.48. The molecule has 2 heteroatoms. The van der Waals surface area contributed by atoms with E-state index in [-0.39, 0.29) is 11.5 Å². The minimum Gasteiger partial charge on any atom is -0.391 e. The van der Waals surface area contributed by atoms with Gasteiger partial charge in [0.1, 0.15) is 0 Å². The maximum absolute atomic E-state index is 9.81. The van der Waals surface area contributed by atoms with Crippen LogP contribution in [0.5, 0.6) is 0 Å². The van der Waals surface area contributed by atoms with Crippen molar-refractivity contribution >= 4 is 0 Å². The van der Waals surface area contributed by atoms with Gasteiger partial charge in [-0.3, -0.25) is 0 Å². The van der Waals surface area contributed by atoms with Crippen molar-refractivity contribution in [3.8, 4) is 0 Å². The summed E-state index contributed by atoms with van der Waals surface area (Å²) in [5.74, 6) is 0.712. The number of aliphatic hydroxyl groups excluding tert-OH is 1. The molecule has 0 spiro atoms. The molecular weight excluding hydrogens is 174 g/mol. The SMILES string of the molecule is CC(C)CC(C)NCC(O)C(C)(C)C. The van der Waals surface area contributed by atoms with Crippen LogP contribution in [0, 0.1) is 11.3 Å². The standard InChI is InChI=1S/C12H27NO/c1-9(2)7-10(3)13-8-11(14)12(4,5)6/h9-11,13-14H,7-8H2,1-6H3. The Kier molecular flexibility index (Phi) is 5.68. The maximum Gasteiger partial charge on any atom is 0.0712 e. The molecule has 2 atom stereocenters. The summed E-state index contributed by atoms with van der Waals surface area (Å²) in [5, 5.41) is 13.2. The molecule has 0 aromatic carbocycles. The van der Waals surface area contributed by atoms with Crippen LogP contribution in [0.4, 0.5) is 0 Å². The number of hydrogen-bond acceptors (Lipinski definition) is 2. The van der Waals surface area contributed by atoms with E-state index in [1.807, 2.05) is 0 Å². The fourth-order valence-electron chi connectivity index (χ4n) is 1.41. The van der Waals surface area contributed by atoms with Gasteiger partial charge < -0.3 is 10.4 Å². The summed E-state index contributed by atoms with van der Waals surface area (Å²) >= 11 is 0. The van der Waals surface area contributed by atoms with E-state index < -0.39 is 0 Å². The number of nitrogens with one attached hydrogen (secondary N) is 1. The first-order chi connectivity index (χ1) is 6.23. The van der Waals surface area contributed by atoms with E-state index in [1.54, 1.807) is 0 Å². The van der Waals surface area contributed by atoms with E-state index in [0.717, 1.165) is 6.42 Å². The Morgan fingerprint density at radius 2 is 1.64 bits per heavy atom. The second-order valence-electron chi connectivity index (χ2n) is 5.82. The zero-order chi connectivity index (χ0) is 11.4. The first kappa shape index (κ1) is 13.9. The third kappa shape index (κ3) is 6.39. The highest BCUT2D eigenvalue weighted by Gasteiger charge is 2.22. The van der Waals surface area contributed by atoms with Crippen molar-refractivity contribution in [2.75, 3.05) is 6.54 Å². The van der Waals surface area contributed by atoms with E-state index in [1.165, 1.54) is 0 Å². The second-order valence-corrected chi connectivity index (χ2v) is 5.82. The highest BCUT2D eigenvalue weighted by molar-refractivity contribution is 4.76. The highest BCUT2D eigenvalue weighted by atomic mass is 16.3. The highest BCUT2D eigenvalue weighted by Crippen LogP contribution is 2.18. The Bertz CT molecular complexity index is 149. The molecule has 14 heavy (non-hydrogen) atoms. The van der Waals surface area contributed by atoms with Crippen LogP contribution in [0.15, 0.2) is 0 Å². The van der Waals surface area contributed by atoms with Crippen molar-refractivity contribution < 1.29 is 5.11 Å². The lowest BCUT2D eigenvalue weighted by Crippen LogP contribution is -2.40. The Morgan fingerprint density at radius 3 is 2.00 bits per heavy atom. The van der Waals surface area contributed by atoms with E-state index in [9.17, 15) is 5.11 Å². The van der Waals surface area contributed by atoms with Gasteiger partial charge >= 0.3 is 0 Å². The van der Waals surface area contributed by atoms with E-state index in [4.69, 9.17) is 0 Å². The molecule has 2 unspecified atom stereocenters. The summed E-state index contributed by atoms with van der Waals surface area (Å²) in [6.45, 7) is 13.5. The van der Waals surface area contributed by atoms with Crippen LogP contribution >= 0.6 is 0 Å². The summed E-state index contributed by atoms with van der Waals surface area (Å²) in [4.78, 5) is 0. The van der Waals surface area contributed by atoms with Crippen LogP contribution in [0.25, 0.3) is 0 Å². The smallest absolute Gasteiger partial charge is 0.0712 e. The van der Waals surface area contributed by atoms with Gasteiger partial charge in [-0.25, -0.2) is 0 Å². The number of hydrogen-bond donors (Lipinski definition) is 2. The Balaban J connectivity index is 3.72. The zero-order valence-electron chi connectivity index (χ0n) is 10.6. The summed E-state index contributed by atoms with van der Waals surface area (Å²) in [5.41, 5.74) is -0.0233. The first-order valence-corrected chi connectivity index (χ1v) is 5.65. The maximum atomic E-state index is 9.81. The van der Waals surface area contributed by atoms with Gasteiger partial charge in [-0.1, -0.05) is 34.6 Å². The van der Waals surface area contributed by atoms with Gasteiger partial charge in [0, 0.05) is 12.6 Å². The second kappa shape index (κ2) is 5.72. The van der Waals surface area contributed by atoms with Gasteiger partial charge in [0.2, 0.25) is 0 Å². The van der Waals surface area contributed by atoms with Crippen molar-refractivity contribution in [3.63, 3.8) is 0 Å². The van der Waals surface area contributed by atoms with E-state index in [0.29, 0.717) is 18.5 Å². The van der Waals surface area contributed by atoms with Crippen LogP contribution < -0.4 is 5.32 Å². The molecular formula is C12H27NO. The Labute approximate surface area is 89.1 Å². The fourth-order valence-corrected chi connectivity index (χ4v) is 1.41. The lowest BCUT2D eigenvalue weighted by atomic mass is 9.89. The molecule has 0 amide bonds. The molecule has 0 aliphatic heterocycles. The summed E-state index contributed by atoms with van der Waals surface area (Å²) in [6.07, 6.45) is 0.897. The summed E-state index contributed by atoms with van der Waals surface area (Å²) in [6, 6.07) is 0.493. The zero-order valence-corrected chi connectivity index (χ0v) is 10.6. The molecule has 0 bridgehead atoms. The molecule has 0 aromatic heterocycles. The fraction of sp³-hybridized carbons (Fsp3) is 1.00. The molecule has 0 aliphatic rings. The third-order valence-electron chi connectivity index (χ3n) is 2.48. The lowest BCUT2D eigenvalue weighted by Gasteiger charge is -2.27. The van der Waals surface area contributed by atoms with Crippen LogP contribution in [0.1, 0.15) is 48.0 Å². The summed E-state index contributed by atoms with van der Waals surface area (Å²) < 4.78 is 0. The van der Waals surface area contributed by atoms with Crippen molar-refractivity contribution in [1.82, 2.24) is 5.32 Å². The number of rotatable bonds is 5. The number of aliphatic hydroxyl groups is 1. The Hall–Kier alpha value is -0.0800. The van der Waals surface area contributed by atoms with Crippen LogP contribution in [0.2, 0.25) is 0 Å². The van der Waals surface area contributed by atoms with E-state index >= 15 is 0 Å². The Morgan fingerprint density at radius 1 is 1.14 bits per heavy atom. The lowest BCUT2D eigenvalue weighted by molar-refractivity contribution is 0.0603. The molecule has 0 saturated carbocycles. The van der Waals surface area contributed by atoms with Crippen LogP contribution in [0.3, 0.4) is 0 Å². The monoisotopic (exact) mass is 201 g/mol. The first-order valence-electron chi connectivity index (χ1n) is 5.65. The minimum atomic E-state index is -0.267. The van der Waals surface area contributed by atoms with Crippen LogP contribution in [-0.4, -0.2) is 23.8 Å². The molecule has 2 nitrogen and oxygen atoms in total. The van der Waals surface area contributed by atoms with Gasteiger partial charge in [-0.2, -0.15) is 0 Å². The molecule has 2 N–H and O–H groups in total. The summed E-state index contributed by atoms with van der Waals surface area (Å²) in [7, 11) is 0.